The van der Waals surface area contributed by atoms with Gasteiger partial charge in [0.1, 0.15) is 0 Å². The fourth-order valence-electron chi connectivity index (χ4n) is 2.28. The zero-order valence-electron chi connectivity index (χ0n) is 13.3. The van der Waals surface area contributed by atoms with Crippen molar-refractivity contribution >= 4 is 10.0 Å². The summed E-state index contributed by atoms with van der Waals surface area (Å²) in [6.45, 7) is 7.96. The minimum absolute atomic E-state index is 0.107. The van der Waals surface area contributed by atoms with Crippen molar-refractivity contribution in [1.82, 2.24) is 4.72 Å². The number of rotatable bonds is 8. The second-order valence-electron chi connectivity index (χ2n) is 5.77. The molecule has 5 heteroatoms. The molecule has 0 aliphatic carbocycles. The second kappa shape index (κ2) is 7.92. The molecule has 2 N–H and O–H groups in total. The van der Waals surface area contributed by atoms with Gasteiger partial charge in [0.15, 0.2) is 0 Å². The average molecular weight is 313 g/mol. The minimum Gasteiger partial charge on any atom is -0.388 e. The standard InChI is InChI=1S/C16H27NO3S/c1-5-12(3)10-13(4)17-21(19,20)15-9-7-8-14(11-15)16(18)6-2/h7-9,11-13,16-18H,5-6,10H2,1-4H3. The predicted molar refractivity (Wildman–Crippen MR) is 85.5 cm³/mol. The molecule has 0 radical (unpaired) electrons. The maximum atomic E-state index is 12.4. The van der Waals surface area contributed by atoms with Crippen molar-refractivity contribution in [3.05, 3.63) is 29.8 Å². The molecule has 0 fully saturated rings. The molecule has 1 aromatic rings. The van der Waals surface area contributed by atoms with E-state index in [0.29, 0.717) is 17.9 Å². The molecule has 0 saturated heterocycles. The van der Waals surface area contributed by atoms with Crippen molar-refractivity contribution in [1.29, 1.82) is 0 Å². The lowest BCUT2D eigenvalue weighted by molar-refractivity contribution is 0.173. The maximum Gasteiger partial charge on any atom is 0.240 e. The Morgan fingerprint density at radius 2 is 1.86 bits per heavy atom. The molecule has 0 aliphatic heterocycles. The van der Waals surface area contributed by atoms with Crippen molar-refractivity contribution in [2.24, 2.45) is 5.92 Å². The molecule has 0 saturated carbocycles. The van der Waals surface area contributed by atoms with Crippen LogP contribution in [0.4, 0.5) is 0 Å². The Morgan fingerprint density at radius 3 is 2.43 bits per heavy atom. The van der Waals surface area contributed by atoms with Crippen LogP contribution < -0.4 is 4.72 Å². The summed E-state index contributed by atoms with van der Waals surface area (Å²) < 4.78 is 27.5. The van der Waals surface area contributed by atoms with Crippen LogP contribution in [-0.4, -0.2) is 19.6 Å². The molecule has 3 atom stereocenters. The molecule has 4 nitrogen and oxygen atoms in total. The van der Waals surface area contributed by atoms with Gasteiger partial charge in [-0.2, -0.15) is 0 Å². The molecule has 3 unspecified atom stereocenters. The van der Waals surface area contributed by atoms with E-state index in [9.17, 15) is 13.5 Å². The zero-order chi connectivity index (χ0) is 16.0. The van der Waals surface area contributed by atoms with Crippen LogP contribution in [-0.2, 0) is 10.0 Å². The third-order valence-electron chi connectivity index (χ3n) is 3.75. The van der Waals surface area contributed by atoms with E-state index in [-0.39, 0.29) is 10.9 Å². The lowest BCUT2D eigenvalue weighted by atomic mass is 10.0. The van der Waals surface area contributed by atoms with Crippen LogP contribution in [0.2, 0.25) is 0 Å². The molecule has 0 amide bonds. The third-order valence-corrected chi connectivity index (χ3v) is 5.34. The number of sulfonamides is 1. The molecule has 21 heavy (non-hydrogen) atoms. The molecule has 0 aliphatic rings. The summed E-state index contributed by atoms with van der Waals surface area (Å²) in [5, 5.41) is 9.84. The molecule has 0 heterocycles. The Bertz CT molecular complexity index is 542. The van der Waals surface area contributed by atoms with Gasteiger partial charge in [0, 0.05) is 6.04 Å². The third kappa shape index (κ3) is 5.41. The molecular weight excluding hydrogens is 286 g/mol. The van der Waals surface area contributed by atoms with Crippen LogP contribution in [0.1, 0.15) is 58.6 Å². The van der Waals surface area contributed by atoms with Crippen LogP contribution in [0.5, 0.6) is 0 Å². The lowest BCUT2D eigenvalue weighted by Gasteiger charge is -2.18. The van der Waals surface area contributed by atoms with E-state index in [4.69, 9.17) is 0 Å². The Balaban J connectivity index is 2.88. The number of nitrogens with one attached hydrogen (secondary N) is 1. The Labute approximate surface area is 128 Å². The highest BCUT2D eigenvalue weighted by Gasteiger charge is 2.19. The first-order chi connectivity index (χ1) is 9.80. The lowest BCUT2D eigenvalue weighted by Crippen LogP contribution is -2.33. The largest absolute Gasteiger partial charge is 0.388 e. The van der Waals surface area contributed by atoms with Crippen molar-refractivity contribution in [3.63, 3.8) is 0 Å². The first kappa shape index (κ1) is 18.1. The van der Waals surface area contributed by atoms with Gasteiger partial charge in [-0.05, 0) is 43.4 Å². The first-order valence-corrected chi connectivity index (χ1v) is 9.08. The van der Waals surface area contributed by atoms with E-state index in [1.54, 1.807) is 24.3 Å². The Hall–Kier alpha value is -0.910. The van der Waals surface area contributed by atoms with E-state index < -0.39 is 16.1 Å². The van der Waals surface area contributed by atoms with Gasteiger partial charge < -0.3 is 5.11 Å². The van der Waals surface area contributed by atoms with Crippen molar-refractivity contribution in [3.8, 4) is 0 Å². The molecule has 1 aromatic carbocycles. The van der Waals surface area contributed by atoms with Crippen LogP contribution >= 0.6 is 0 Å². The zero-order valence-corrected chi connectivity index (χ0v) is 14.2. The van der Waals surface area contributed by atoms with Gasteiger partial charge in [0.25, 0.3) is 0 Å². The summed E-state index contributed by atoms with van der Waals surface area (Å²) in [4.78, 5) is 0.212. The van der Waals surface area contributed by atoms with Crippen LogP contribution in [0.25, 0.3) is 0 Å². The Morgan fingerprint density at radius 1 is 1.19 bits per heavy atom. The van der Waals surface area contributed by atoms with Gasteiger partial charge in [-0.25, -0.2) is 13.1 Å². The molecule has 0 spiro atoms. The number of aliphatic hydroxyl groups excluding tert-OH is 1. The molecule has 0 aromatic heterocycles. The quantitative estimate of drug-likeness (QED) is 0.774. The van der Waals surface area contributed by atoms with Crippen molar-refractivity contribution in [2.45, 2.75) is 64.0 Å². The molecule has 1 rings (SSSR count). The summed E-state index contributed by atoms with van der Waals surface area (Å²) in [5.41, 5.74) is 0.634. The summed E-state index contributed by atoms with van der Waals surface area (Å²) in [7, 11) is -3.54. The SMILES string of the molecule is CCC(C)CC(C)NS(=O)(=O)c1cccc(C(O)CC)c1. The maximum absolute atomic E-state index is 12.4. The molecule has 120 valence electrons. The first-order valence-electron chi connectivity index (χ1n) is 7.60. The molecular formula is C16H27NO3S. The highest BCUT2D eigenvalue weighted by molar-refractivity contribution is 7.89. The van der Waals surface area contributed by atoms with Crippen molar-refractivity contribution < 1.29 is 13.5 Å². The summed E-state index contributed by atoms with van der Waals surface area (Å²) >= 11 is 0. The van der Waals surface area contributed by atoms with E-state index in [0.717, 1.165) is 12.8 Å². The number of hydrogen-bond donors (Lipinski definition) is 2. The smallest absolute Gasteiger partial charge is 0.240 e. The fourth-order valence-corrected chi connectivity index (χ4v) is 3.59. The molecule has 0 bridgehead atoms. The van der Waals surface area contributed by atoms with E-state index in [1.807, 2.05) is 13.8 Å². The highest BCUT2D eigenvalue weighted by Crippen LogP contribution is 2.20. The monoisotopic (exact) mass is 313 g/mol. The summed E-state index contributed by atoms with van der Waals surface area (Å²) in [5.74, 6) is 0.482. The number of benzene rings is 1. The minimum atomic E-state index is -3.54. The number of hydrogen-bond acceptors (Lipinski definition) is 3. The summed E-state index contributed by atoms with van der Waals surface area (Å²) in [6, 6.07) is 6.42. The number of aliphatic hydroxyl groups is 1. The van der Waals surface area contributed by atoms with E-state index >= 15 is 0 Å². The topological polar surface area (TPSA) is 66.4 Å². The summed E-state index contributed by atoms with van der Waals surface area (Å²) in [6.07, 6.45) is 1.77. The van der Waals surface area contributed by atoms with Gasteiger partial charge in [-0.3, -0.25) is 0 Å². The van der Waals surface area contributed by atoms with Gasteiger partial charge >= 0.3 is 0 Å². The Kier molecular flexibility index (Phi) is 6.84. The highest BCUT2D eigenvalue weighted by atomic mass is 32.2. The fraction of sp³-hybridized carbons (Fsp3) is 0.625. The van der Waals surface area contributed by atoms with Crippen molar-refractivity contribution in [2.75, 3.05) is 0 Å². The van der Waals surface area contributed by atoms with E-state index in [2.05, 4.69) is 18.6 Å². The van der Waals surface area contributed by atoms with Crippen LogP contribution in [0.3, 0.4) is 0 Å². The van der Waals surface area contributed by atoms with Gasteiger partial charge in [0.2, 0.25) is 10.0 Å². The second-order valence-corrected chi connectivity index (χ2v) is 7.48. The van der Waals surface area contributed by atoms with Gasteiger partial charge in [-0.15, -0.1) is 0 Å². The normalized spacial score (nSPS) is 16.4. The average Bonchev–Trinajstić information content (AvgIpc) is 2.45. The predicted octanol–water partition coefficient (Wildman–Crippen LogP) is 3.23. The van der Waals surface area contributed by atoms with Crippen LogP contribution in [0, 0.1) is 5.92 Å². The van der Waals surface area contributed by atoms with E-state index in [1.165, 1.54) is 0 Å². The van der Waals surface area contributed by atoms with Gasteiger partial charge in [0.05, 0.1) is 11.0 Å². The van der Waals surface area contributed by atoms with Crippen LogP contribution in [0.15, 0.2) is 29.2 Å². The van der Waals surface area contributed by atoms with Gasteiger partial charge in [-0.1, -0.05) is 39.3 Å².